The fourth-order valence-corrected chi connectivity index (χ4v) is 1.35. The third-order valence-corrected chi connectivity index (χ3v) is 2.31. The first-order chi connectivity index (χ1) is 6.27. The Morgan fingerprint density at radius 2 is 2.08 bits per heavy atom. The fraction of sp³-hybridized carbons (Fsp3) is 1.00. The van der Waals surface area contributed by atoms with Crippen molar-refractivity contribution >= 4 is 11.8 Å². The summed E-state index contributed by atoms with van der Waals surface area (Å²) >= 11 is 1.88. The van der Waals surface area contributed by atoms with Gasteiger partial charge >= 0.3 is 0 Å². The van der Waals surface area contributed by atoms with Gasteiger partial charge in [0.1, 0.15) is 0 Å². The maximum atomic E-state index is 5.44. The molecule has 0 fully saturated rings. The van der Waals surface area contributed by atoms with Crippen LogP contribution >= 0.6 is 11.8 Å². The fourth-order valence-electron chi connectivity index (χ4n) is 0.942. The number of rotatable bonds is 9. The average Bonchev–Trinajstić information content (AvgIpc) is 2.09. The van der Waals surface area contributed by atoms with E-state index in [0.717, 1.165) is 32.2 Å². The van der Waals surface area contributed by atoms with Gasteiger partial charge in [0.2, 0.25) is 0 Å². The van der Waals surface area contributed by atoms with Gasteiger partial charge in [-0.15, -0.1) is 0 Å². The van der Waals surface area contributed by atoms with E-state index in [4.69, 9.17) is 4.74 Å². The molecule has 0 radical (unpaired) electrons. The van der Waals surface area contributed by atoms with Crippen molar-refractivity contribution in [2.75, 3.05) is 38.3 Å². The van der Waals surface area contributed by atoms with E-state index in [-0.39, 0.29) is 0 Å². The molecule has 13 heavy (non-hydrogen) atoms. The van der Waals surface area contributed by atoms with E-state index >= 15 is 0 Å². The highest BCUT2D eigenvalue weighted by Crippen LogP contribution is 1.94. The van der Waals surface area contributed by atoms with E-state index in [1.165, 1.54) is 12.2 Å². The van der Waals surface area contributed by atoms with Crippen molar-refractivity contribution in [1.82, 2.24) is 5.32 Å². The number of hydrogen-bond acceptors (Lipinski definition) is 3. The second kappa shape index (κ2) is 10.4. The van der Waals surface area contributed by atoms with Crippen LogP contribution in [-0.4, -0.2) is 38.3 Å². The Morgan fingerprint density at radius 1 is 1.31 bits per heavy atom. The quantitative estimate of drug-likeness (QED) is 0.582. The van der Waals surface area contributed by atoms with Crippen LogP contribution in [0.3, 0.4) is 0 Å². The first-order valence-corrected chi connectivity index (χ1v) is 6.44. The Hall–Kier alpha value is 0.270. The Morgan fingerprint density at radius 3 is 2.69 bits per heavy atom. The van der Waals surface area contributed by atoms with Crippen LogP contribution in [0.15, 0.2) is 0 Å². The molecule has 1 N–H and O–H groups in total. The van der Waals surface area contributed by atoms with E-state index in [9.17, 15) is 0 Å². The van der Waals surface area contributed by atoms with Gasteiger partial charge in [0.05, 0.1) is 6.61 Å². The van der Waals surface area contributed by atoms with E-state index in [2.05, 4.69) is 25.4 Å². The zero-order valence-corrected chi connectivity index (χ0v) is 9.95. The summed E-state index contributed by atoms with van der Waals surface area (Å²) in [5.74, 6) is 1.94. The Labute approximate surface area is 86.8 Å². The van der Waals surface area contributed by atoms with Crippen LogP contribution in [0.4, 0.5) is 0 Å². The molecule has 0 bridgehead atoms. The van der Waals surface area contributed by atoms with Crippen LogP contribution in [0.1, 0.15) is 20.3 Å². The lowest BCUT2D eigenvalue weighted by Gasteiger charge is -2.07. The van der Waals surface area contributed by atoms with Gasteiger partial charge in [-0.2, -0.15) is 11.8 Å². The first kappa shape index (κ1) is 13.3. The van der Waals surface area contributed by atoms with Crippen molar-refractivity contribution in [3.05, 3.63) is 0 Å². The van der Waals surface area contributed by atoms with E-state index < -0.39 is 0 Å². The molecule has 0 atom stereocenters. The van der Waals surface area contributed by atoms with Crippen molar-refractivity contribution < 1.29 is 4.74 Å². The van der Waals surface area contributed by atoms with Crippen molar-refractivity contribution in [3.63, 3.8) is 0 Å². The van der Waals surface area contributed by atoms with E-state index in [0.29, 0.717) is 0 Å². The van der Waals surface area contributed by atoms with Gasteiger partial charge in [-0.1, -0.05) is 13.8 Å². The van der Waals surface area contributed by atoms with Gasteiger partial charge < -0.3 is 10.1 Å². The van der Waals surface area contributed by atoms with Crippen molar-refractivity contribution in [2.24, 2.45) is 5.92 Å². The number of ether oxygens (including phenoxy) is 1. The summed E-state index contributed by atoms with van der Waals surface area (Å²) in [5, 5.41) is 3.35. The topological polar surface area (TPSA) is 21.3 Å². The zero-order chi connectivity index (χ0) is 9.94. The van der Waals surface area contributed by atoms with Gasteiger partial charge in [0, 0.05) is 13.2 Å². The lowest BCUT2D eigenvalue weighted by molar-refractivity contribution is 0.137. The SMILES string of the molecule is CSCCCOCCNCC(C)C. The van der Waals surface area contributed by atoms with Gasteiger partial charge in [-0.05, 0) is 30.9 Å². The minimum atomic E-state index is 0.733. The number of nitrogens with one attached hydrogen (secondary N) is 1. The molecule has 0 unspecified atom stereocenters. The van der Waals surface area contributed by atoms with Gasteiger partial charge in [-0.3, -0.25) is 0 Å². The predicted molar refractivity (Wildman–Crippen MR) is 61.5 cm³/mol. The molecule has 0 aliphatic rings. The molecule has 0 aliphatic heterocycles. The van der Waals surface area contributed by atoms with Crippen LogP contribution < -0.4 is 5.32 Å². The van der Waals surface area contributed by atoms with Crippen LogP contribution in [0.25, 0.3) is 0 Å². The summed E-state index contributed by atoms with van der Waals surface area (Å²) in [6.07, 6.45) is 3.30. The normalized spacial score (nSPS) is 11.1. The highest BCUT2D eigenvalue weighted by atomic mass is 32.2. The smallest absolute Gasteiger partial charge is 0.0590 e. The molecule has 2 nitrogen and oxygen atoms in total. The van der Waals surface area contributed by atoms with Crippen molar-refractivity contribution in [3.8, 4) is 0 Å². The third kappa shape index (κ3) is 12.3. The molecule has 0 aromatic carbocycles. The Kier molecular flexibility index (Phi) is 10.6. The maximum Gasteiger partial charge on any atom is 0.0590 e. The molecule has 0 rings (SSSR count). The number of thioether (sulfide) groups is 1. The van der Waals surface area contributed by atoms with Gasteiger partial charge in [-0.25, -0.2) is 0 Å². The second-order valence-electron chi connectivity index (χ2n) is 3.56. The number of hydrogen-bond donors (Lipinski definition) is 1. The zero-order valence-electron chi connectivity index (χ0n) is 9.14. The molecular formula is C10H23NOS. The van der Waals surface area contributed by atoms with Crippen LogP contribution in [0.2, 0.25) is 0 Å². The molecule has 0 amide bonds. The van der Waals surface area contributed by atoms with Crippen LogP contribution in [0.5, 0.6) is 0 Å². The molecular weight excluding hydrogens is 182 g/mol. The first-order valence-electron chi connectivity index (χ1n) is 5.04. The Bertz CT molecular complexity index is 98.9. The monoisotopic (exact) mass is 205 g/mol. The molecule has 0 heterocycles. The third-order valence-electron chi connectivity index (χ3n) is 1.61. The lowest BCUT2D eigenvalue weighted by atomic mass is 10.2. The molecule has 0 spiro atoms. The van der Waals surface area contributed by atoms with Crippen LogP contribution in [-0.2, 0) is 4.74 Å². The summed E-state index contributed by atoms with van der Waals surface area (Å²) in [7, 11) is 0. The summed E-state index contributed by atoms with van der Waals surface area (Å²) in [4.78, 5) is 0. The van der Waals surface area contributed by atoms with Crippen molar-refractivity contribution in [1.29, 1.82) is 0 Å². The van der Waals surface area contributed by atoms with E-state index in [1.54, 1.807) is 0 Å². The summed E-state index contributed by atoms with van der Waals surface area (Å²) in [6, 6.07) is 0. The van der Waals surface area contributed by atoms with Crippen LogP contribution in [0, 0.1) is 5.92 Å². The van der Waals surface area contributed by atoms with E-state index in [1.807, 2.05) is 11.8 Å². The summed E-state index contributed by atoms with van der Waals surface area (Å²) in [5.41, 5.74) is 0. The minimum absolute atomic E-state index is 0.733. The average molecular weight is 205 g/mol. The van der Waals surface area contributed by atoms with Gasteiger partial charge in [0.25, 0.3) is 0 Å². The molecule has 0 aromatic rings. The maximum absolute atomic E-state index is 5.44. The second-order valence-corrected chi connectivity index (χ2v) is 4.54. The molecule has 0 aliphatic carbocycles. The molecule has 3 heteroatoms. The summed E-state index contributed by atoms with van der Waals surface area (Å²) < 4.78 is 5.44. The molecule has 0 saturated carbocycles. The largest absolute Gasteiger partial charge is 0.380 e. The highest BCUT2D eigenvalue weighted by Gasteiger charge is 1.92. The molecule has 0 saturated heterocycles. The van der Waals surface area contributed by atoms with Gasteiger partial charge in [0.15, 0.2) is 0 Å². The van der Waals surface area contributed by atoms with Crippen molar-refractivity contribution in [2.45, 2.75) is 20.3 Å². The standard InChI is InChI=1S/C10H23NOS/c1-10(2)9-11-5-7-12-6-4-8-13-3/h10-11H,4-9H2,1-3H3. The Balaban J connectivity index is 2.84. The molecule has 80 valence electrons. The minimum Gasteiger partial charge on any atom is -0.380 e. The molecule has 0 aromatic heterocycles. The summed E-state index contributed by atoms with van der Waals surface area (Å²) in [6.45, 7) is 8.26. The predicted octanol–water partition coefficient (Wildman–Crippen LogP) is 2.00. The lowest BCUT2D eigenvalue weighted by Crippen LogP contribution is -2.24. The highest BCUT2D eigenvalue weighted by molar-refractivity contribution is 7.98.